The molecule has 2 aromatic rings. The molecule has 2 amide bonds. The lowest BCUT2D eigenvalue weighted by molar-refractivity contribution is -0.172. The van der Waals surface area contributed by atoms with Crippen LogP contribution >= 0.6 is 0 Å². The zero-order valence-corrected chi connectivity index (χ0v) is 17.4. The first-order valence-electron chi connectivity index (χ1n) is 10.1. The fourth-order valence-corrected chi connectivity index (χ4v) is 3.87. The molecule has 1 saturated heterocycles. The number of amides is 2. The summed E-state index contributed by atoms with van der Waals surface area (Å²) in [4.78, 5) is 33.4. The second-order valence-electron chi connectivity index (χ2n) is 7.68. The highest BCUT2D eigenvalue weighted by Crippen LogP contribution is 2.31. The summed E-state index contributed by atoms with van der Waals surface area (Å²) >= 11 is 0. The third-order valence-electron chi connectivity index (χ3n) is 5.26. The van der Waals surface area contributed by atoms with Crippen LogP contribution in [-0.4, -0.2) is 66.0 Å². The summed E-state index contributed by atoms with van der Waals surface area (Å²) in [6.07, 6.45) is 5.22. The molecule has 0 saturated carbocycles. The Morgan fingerprint density at radius 1 is 1.21 bits per heavy atom. The molecule has 1 aliphatic heterocycles. The largest absolute Gasteiger partial charge is 0.361 e. The number of hydrogen-bond donors (Lipinski definition) is 0. The first kappa shape index (κ1) is 21.0. The van der Waals surface area contributed by atoms with Gasteiger partial charge in [-0.25, -0.2) is 0 Å². The highest BCUT2D eigenvalue weighted by molar-refractivity contribution is 5.87. The minimum absolute atomic E-state index is 0.0762. The Kier molecular flexibility index (Phi) is 6.64. The normalized spacial score (nSPS) is 19.1. The second-order valence-corrected chi connectivity index (χ2v) is 7.68. The maximum Gasteiger partial charge on any atom is 0.256 e. The lowest BCUT2D eigenvalue weighted by Gasteiger charge is -2.43. The van der Waals surface area contributed by atoms with E-state index in [9.17, 15) is 9.59 Å². The molecule has 1 atom stereocenters. The number of carbonyl (C=O) groups excluding carboxylic acids is 2. The van der Waals surface area contributed by atoms with Gasteiger partial charge >= 0.3 is 0 Å². The van der Waals surface area contributed by atoms with Gasteiger partial charge in [0, 0.05) is 51.4 Å². The zero-order chi connectivity index (χ0) is 20.9. The van der Waals surface area contributed by atoms with E-state index in [1.165, 1.54) is 0 Å². The number of likely N-dealkylation sites (N-methyl/N-ethyl adjacent to an activating group) is 1. The number of carbonyl (C=O) groups is 2. The van der Waals surface area contributed by atoms with E-state index >= 15 is 0 Å². The third-order valence-corrected chi connectivity index (χ3v) is 5.26. The van der Waals surface area contributed by atoms with E-state index in [2.05, 4.69) is 4.98 Å². The zero-order valence-electron chi connectivity index (χ0n) is 17.4. The van der Waals surface area contributed by atoms with Gasteiger partial charge in [0.25, 0.3) is 5.91 Å². The molecule has 1 aromatic heterocycles. The highest BCUT2D eigenvalue weighted by atomic mass is 16.5. The lowest BCUT2D eigenvalue weighted by atomic mass is 9.87. The maximum absolute atomic E-state index is 13.2. The van der Waals surface area contributed by atoms with Gasteiger partial charge in [-0.1, -0.05) is 37.3 Å². The maximum atomic E-state index is 13.2. The molecule has 1 aliphatic rings. The standard InChI is InChI=1S/C23H29N3O3/c1-4-8-21(27)26-13-14-29-23(17-26,22(28)25(2)3)15-18-9-5-6-11-20(18)19-10-7-12-24-16-19/h5-7,9-12,16H,4,8,13-15,17H2,1-3H3/t23-/m1/s1. The smallest absolute Gasteiger partial charge is 0.256 e. The number of hydrogen-bond acceptors (Lipinski definition) is 4. The second kappa shape index (κ2) is 9.18. The highest BCUT2D eigenvalue weighted by Gasteiger charge is 2.46. The summed E-state index contributed by atoms with van der Waals surface area (Å²) < 4.78 is 6.14. The van der Waals surface area contributed by atoms with E-state index in [-0.39, 0.29) is 18.4 Å². The van der Waals surface area contributed by atoms with E-state index in [1.54, 1.807) is 30.1 Å². The van der Waals surface area contributed by atoms with Crippen molar-refractivity contribution in [1.82, 2.24) is 14.8 Å². The predicted octanol–water partition coefficient (Wildman–Crippen LogP) is 2.78. The Bertz CT molecular complexity index is 853. The van der Waals surface area contributed by atoms with Gasteiger partial charge in [-0.05, 0) is 23.6 Å². The van der Waals surface area contributed by atoms with Crippen LogP contribution in [0.1, 0.15) is 25.3 Å². The van der Waals surface area contributed by atoms with Crippen LogP contribution in [0.25, 0.3) is 11.1 Å². The fraction of sp³-hybridized carbons (Fsp3) is 0.435. The first-order chi connectivity index (χ1) is 14.0. The Hall–Kier alpha value is -2.73. The van der Waals surface area contributed by atoms with E-state index in [0.717, 1.165) is 23.1 Å². The average Bonchev–Trinajstić information content (AvgIpc) is 2.74. The van der Waals surface area contributed by atoms with E-state index in [4.69, 9.17) is 4.74 Å². The van der Waals surface area contributed by atoms with Crippen molar-refractivity contribution in [3.05, 3.63) is 54.4 Å². The number of benzene rings is 1. The van der Waals surface area contributed by atoms with Gasteiger partial charge in [0.15, 0.2) is 5.60 Å². The van der Waals surface area contributed by atoms with Crippen LogP contribution in [0.2, 0.25) is 0 Å². The van der Waals surface area contributed by atoms with Crippen molar-refractivity contribution < 1.29 is 14.3 Å². The molecule has 154 valence electrons. The molecular formula is C23H29N3O3. The summed E-state index contributed by atoms with van der Waals surface area (Å²) in [7, 11) is 3.46. The van der Waals surface area contributed by atoms with Gasteiger partial charge in [0.05, 0.1) is 13.2 Å². The van der Waals surface area contributed by atoms with Crippen molar-refractivity contribution in [2.24, 2.45) is 0 Å². The molecule has 0 unspecified atom stereocenters. The van der Waals surface area contributed by atoms with Crippen LogP contribution in [0.5, 0.6) is 0 Å². The van der Waals surface area contributed by atoms with Crippen LogP contribution in [0.3, 0.4) is 0 Å². The number of ether oxygens (including phenoxy) is 1. The molecule has 6 heteroatoms. The van der Waals surface area contributed by atoms with Gasteiger partial charge in [0.2, 0.25) is 5.91 Å². The quantitative estimate of drug-likeness (QED) is 0.755. The summed E-state index contributed by atoms with van der Waals surface area (Å²) in [5.74, 6) is -0.0419. The summed E-state index contributed by atoms with van der Waals surface area (Å²) in [6.45, 7) is 3.13. The first-order valence-corrected chi connectivity index (χ1v) is 10.1. The number of rotatable bonds is 6. The van der Waals surface area contributed by atoms with Crippen molar-refractivity contribution in [2.45, 2.75) is 31.8 Å². The molecule has 3 rings (SSSR count). The molecule has 1 fully saturated rings. The molecule has 6 nitrogen and oxygen atoms in total. The van der Waals surface area contributed by atoms with Crippen LogP contribution < -0.4 is 0 Å². The van der Waals surface area contributed by atoms with Gasteiger partial charge in [0.1, 0.15) is 0 Å². The van der Waals surface area contributed by atoms with E-state index in [1.807, 2.05) is 49.5 Å². The minimum atomic E-state index is -1.09. The summed E-state index contributed by atoms with van der Waals surface area (Å²) in [5, 5.41) is 0. The van der Waals surface area contributed by atoms with E-state index < -0.39 is 5.60 Å². The van der Waals surface area contributed by atoms with Crippen molar-refractivity contribution >= 4 is 11.8 Å². The monoisotopic (exact) mass is 395 g/mol. The topological polar surface area (TPSA) is 62.7 Å². The number of nitrogens with zero attached hydrogens (tertiary/aromatic N) is 3. The summed E-state index contributed by atoms with van der Waals surface area (Å²) in [5.41, 5.74) is 1.92. The van der Waals surface area contributed by atoms with Gasteiger partial charge in [-0.2, -0.15) is 0 Å². The predicted molar refractivity (Wildman–Crippen MR) is 112 cm³/mol. The van der Waals surface area contributed by atoms with Crippen LogP contribution in [0, 0.1) is 0 Å². The molecule has 2 heterocycles. The number of pyridine rings is 1. The minimum Gasteiger partial charge on any atom is -0.361 e. The molecule has 29 heavy (non-hydrogen) atoms. The van der Waals surface area contributed by atoms with E-state index in [0.29, 0.717) is 26.0 Å². The fourth-order valence-electron chi connectivity index (χ4n) is 3.87. The molecule has 0 bridgehead atoms. The average molecular weight is 396 g/mol. The van der Waals surface area contributed by atoms with Crippen molar-refractivity contribution in [2.75, 3.05) is 33.8 Å². The van der Waals surface area contributed by atoms with Crippen molar-refractivity contribution in [3.8, 4) is 11.1 Å². The van der Waals surface area contributed by atoms with Gasteiger partial charge in [-0.15, -0.1) is 0 Å². The van der Waals surface area contributed by atoms with Crippen LogP contribution in [0.15, 0.2) is 48.8 Å². The van der Waals surface area contributed by atoms with Crippen LogP contribution in [0.4, 0.5) is 0 Å². The number of aromatic nitrogens is 1. The van der Waals surface area contributed by atoms with Crippen molar-refractivity contribution in [3.63, 3.8) is 0 Å². The molecule has 0 radical (unpaired) electrons. The van der Waals surface area contributed by atoms with Gasteiger partial charge < -0.3 is 14.5 Å². The summed E-state index contributed by atoms with van der Waals surface area (Å²) in [6, 6.07) is 11.9. The molecular weight excluding hydrogens is 366 g/mol. The van der Waals surface area contributed by atoms with Crippen molar-refractivity contribution in [1.29, 1.82) is 0 Å². The Balaban J connectivity index is 1.98. The lowest BCUT2D eigenvalue weighted by Crippen LogP contribution is -2.61. The Morgan fingerprint density at radius 2 is 2.00 bits per heavy atom. The molecule has 0 spiro atoms. The number of morpholine rings is 1. The molecule has 0 aliphatic carbocycles. The molecule has 0 N–H and O–H groups in total. The Labute approximate surface area is 172 Å². The van der Waals surface area contributed by atoms with Gasteiger partial charge in [-0.3, -0.25) is 14.6 Å². The third kappa shape index (κ3) is 4.65. The SMILES string of the molecule is CCCC(=O)N1CCO[C@@](Cc2ccccc2-c2cccnc2)(C(=O)N(C)C)C1. The molecule has 1 aromatic carbocycles. The van der Waals surface area contributed by atoms with Crippen LogP contribution in [-0.2, 0) is 20.7 Å². The Morgan fingerprint density at radius 3 is 2.69 bits per heavy atom.